The van der Waals surface area contributed by atoms with Gasteiger partial charge in [0.05, 0.1) is 11.7 Å². The Hall–Kier alpha value is -1.24. The van der Waals surface area contributed by atoms with Gasteiger partial charge >= 0.3 is 0 Å². The topological polar surface area (TPSA) is 41.4 Å². The molecule has 1 aliphatic carbocycles. The van der Waals surface area contributed by atoms with Crippen LogP contribution in [0.3, 0.4) is 0 Å². The Morgan fingerprint density at radius 3 is 2.74 bits per heavy atom. The third kappa shape index (κ3) is 3.84. The summed E-state index contributed by atoms with van der Waals surface area (Å²) >= 11 is 1.76. The van der Waals surface area contributed by atoms with Crippen LogP contribution in [0.1, 0.15) is 44.1 Å². The Bertz CT molecular complexity index is 848. The molecule has 6 heteroatoms. The molecular formula is C21H32N4OS. The second-order valence-corrected chi connectivity index (χ2v) is 9.56. The van der Waals surface area contributed by atoms with E-state index in [9.17, 15) is 4.79 Å². The molecule has 3 heterocycles. The largest absolute Gasteiger partial charge is 0.301 e. The summed E-state index contributed by atoms with van der Waals surface area (Å²) in [5, 5.41) is 0.913. The fourth-order valence-corrected chi connectivity index (χ4v) is 5.75. The van der Waals surface area contributed by atoms with Crippen LogP contribution in [0.2, 0.25) is 0 Å². The van der Waals surface area contributed by atoms with Crippen LogP contribution in [0, 0.1) is 5.92 Å². The van der Waals surface area contributed by atoms with Gasteiger partial charge in [0, 0.05) is 43.6 Å². The second-order valence-electron chi connectivity index (χ2n) is 8.48. The van der Waals surface area contributed by atoms with Crippen LogP contribution in [0.4, 0.5) is 0 Å². The Morgan fingerprint density at radius 1 is 1.26 bits per heavy atom. The molecule has 1 atom stereocenters. The molecule has 2 aliphatic rings. The van der Waals surface area contributed by atoms with Crippen molar-refractivity contribution in [3.05, 3.63) is 27.1 Å². The number of thiophene rings is 1. The highest BCUT2D eigenvalue weighted by molar-refractivity contribution is 7.18. The monoisotopic (exact) mass is 388 g/mol. The van der Waals surface area contributed by atoms with E-state index < -0.39 is 0 Å². The molecule has 4 rings (SSSR count). The molecule has 2 aromatic rings. The van der Waals surface area contributed by atoms with E-state index in [1.54, 1.807) is 17.7 Å². The quantitative estimate of drug-likeness (QED) is 0.790. The van der Waals surface area contributed by atoms with Gasteiger partial charge in [-0.25, -0.2) is 4.98 Å². The smallest absolute Gasteiger partial charge is 0.262 e. The highest BCUT2D eigenvalue weighted by Crippen LogP contribution is 2.35. The molecule has 0 radical (unpaired) electrons. The standard InChI is InChI=1S/C21H32N4OS/c1-4-23-9-11-24(12-10-23)16-5-6-17-18(13-16)27-20-19(17)21(26)25(14-22-20)8-7-15(2)3/h14-16H,4-13H2,1-3H3/t16-/m0/s1. The van der Waals surface area contributed by atoms with Crippen LogP contribution in [-0.2, 0) is 19.4 Å². The molecule has 5 nitrogen and oxygen atoms in total. The van der Waals surface area contributed by atoms with Crippen molar-refractivity contribution in [2.24, 2.45) is 5.92 Å². The number of hydrogen-bond donors (Lipinski definition) is 0. The first-order valence-corrected chi connectivity index (χ1v) is 11.3. The highest BCUT2D eigenvalue weighted by atomic mass is 32.1. The molecule has 148 valence electrons. The lowest BCUT2D eigenvalue weighted by Gasteiger charge is -2.40. The molecular weight excluding hydrogens is 356 g/mol. The minimum Gasteiger partial charge on any atom is -0.301 e. The average molecular weight is 389 g/mol. The molecule has 0 spiro atoms. The lowest BCUT2D eigenvalue weighted by Crippen LogP contribution is -2.51. The predicted octanol–water partition coefficient (Wildman–Crippen LogP) is 3.00. The van der Waals surface area contributed by atoms with Gasteiger partial charge in [0.15, 0.2) is 0 Å². The van der Waals surface area contributed by atoms with E-state index >= 15 is 0 Å². The lowest BCUT2D eigenvalue weighted by molar-refractivity contribution is 0.0932. The summed E-state index contributed by atoms with van der Waals surface area (Å²) in [5.74, 6) is 0.595. The van der Waals surface area contributed by atoms with E-state index in [-0.39, 0.29) is 5.56 Å². The summed E-state index contributed by atoms with van der Waals surface area (Å²) in [5.41, 5.74) is 1.48. The number of hydrogen-bond acceptors (Lipinski definition) is 5. The van der Waals surface area contributed by atoms with Gasteiger partial charge in [-0.1, -0.05) is 20.8 Å². The average Bonchev–Trinajstić information content (AvgIpc) is 3.06. The molecule has 2 aromatic heterocycles. The van der Waals surface area contributed by atoms with Gasteiger partial charge in [-0.15, -0.1) is 11.3 Å². The van der Waals surface area contributed by atoms with Crippen LogP contribution < -0.4 is 5.56 Å². The number of rotatable bonds is 5. The summed E-state index contributed by atoms with van der Waals surface area (Å²) in [6.07, 6.45) is 6.07. The Morgan fingerprint density at radius 2 is 2.04 bits per heavy atom. The van der Waals surface area contributed by atoms with Crippen molar-refractivity contribution in [1.29, 1.82) is 0 Å². The first-order chi connectivity index (χ1) is 13.1. The zero-order chi connectivity index (χ0) is 19.0. The molecule has 0 unspecified atom stereocenters. The number of aryl methyl sites for hydroxylation is 2. The van der Waals surface area contributed by atoms with E-state index in [2.05, 4.69) is 35.6 Å². The Kier molecular flexibility index (Phi) is 5.67. The maximum atomic E-state index is 13.0. The molecule has 0 amide bonds. The predicted molar refractivity (Wildman–Crippen MR) is 113 cm³/mol. The molecule has 1 fully saturated rings. The van der Waals surface area contributed by atoms with Crippen molar-refractivity contribution in [2.45, 2.75) is 59.0 Å². The maximum absolute atomic E-state index is 13.0. The molecule has 0 saturated carbocycles. The fraction of sp³-hybridized carbons (Fsp3) is 0.714. The third-order valence-electron chi connectivity index (χ3n) is 6.33. The molecule has 0 N–H and O–H groups in total. The normalized spacial score (nSPS) is 21.9. The summed E-state index contributed by atoms with van der Waals surface area (Å²) in [7, 11) is 0. The molecule has 1 aliphatic heterocycles. The van der Waals surface area contributed by atoms with Gasteiger partial charge in [-0.05, 0) is 43.7 Å². The zero-order valence-electron chi connectivity index (χ0n) is 16.9. The summed E-state index contributed by atoms with van der Waals surface area (Å²) in [6.45, 7) is 13.3. The van der Waals surface area contributed by atoms with Crippen molar-refractivity contribution < 1.29 is 0 Å². The number of likely N-dealkylation sites (N-methyl/N-ethyl adjacent to an activating group) is 1. The minimum absolute atomic E-state index is 0.174. The van der Waals surface area contributed by atoms with Crippen LogP contribution in [0.25, 0.3) is 10.2 Å². The van der Waals surface area contributed by atoms with E-state index in [1.165, 1.54) is 43.0 Å². The van der Waals surface area contributed by atoms with E-state index in [0.717, 1.165) is 42.6 Å². The summed E-state index contributed by atoms with van der Waals surface area (Å²) in [4.78, 5) is 25.2. The molecule has 27 heavy (non-hydrogen) atoms. The van der Waals surface area contributed by atoms with Crippen LogP contribution in [0.15, 0.2) is 11.1 Å². The minimum atomic E-state index is 0.174. The molecule has 1 saturated heterocycles. The van der Waals surface area contributed by atoms with Crippen molar-refractivity contribution in [3.8, 4) is 0 Å². The SMILES string of the molecule is CCN1CCN([C@H]2CCc3c(sc4ncn(CCC(C)C)c(=O)c34)C2)CC1. The van der Waals surface area contributed by atoms with Crippen molar-refractivity contribution in [2.75, 3.05) is 32.7 Å². The zero-order valence-corrected chi connectivity index (χ0v) is 17.7. The van der Waals surface area contributed by atoms with Crippen LogP contribution in [0.5, 0.6) is 0 Å². The van der Waals surface area contributed by atoms with E-state index in [1.807, 2.05) is 4.57 Å². The van der Waals surface area contributed by atoms with Crippen molar-refractivity contribution in [1.82, 2.24) is 19.4 Å². The number of fused-ring (bicyclic) bond motifs is 3. The van der Waals surface area contributed by atoms with Crippen molar-refractivity contribution in [3.63, 3.8) is 0 Å². The number of piperazine rings is 1. The Balaban J connectivity index is 1.54. The van der Waals surface area contributed by atoms with E-state index in [0.29, 0.717) is 12.0 Å². The molecule has 0 aromatic carbocycles. The Labute approximate surface area is 166 Å². The van der Waals surface area contributed by atoms with Gasteiger partial charge in [-0.3, -0.25) is 14.3 Å². The highest BCUT2D eigenvalue weighted by Gasteiger charge is 2.30. The van der Waals surface area contributed by atoms with E-state index in [4.69, 9.17) is 0 Å². The fourth-order valence-electron chi connectivity index (χ4n) is 4.50. The van der Waals surface area contributed by atoms with Gasteiger partial charge in [0.1, 0.15) is 4.83 Å². The van der Waals surface area contributed by atoms with Crippen molar-refractivity contribution >= 4 is 21.6 Å². The first-order valence-electron chi connectivity index (χ1n) is 10.5. The van der Waals surface area contributed by atoms with Gasteiger partial charge in [0.25, 0.3) is 5.56 Å². The van der Waals surface area contributed by atoms with Gasteiger partial charge < -0.3 is 4.90 Å². The van der Waals surface area contributed by atoms with Gasteiger partial charge in [0.2, 0.25) is 0 Å². The maximum Gasteiger partial charge on any atom is 0.262 e. The van der Waals surface area contributed by atoms with Crippen LogP contribution in [-0.4, -0.2) is 58.1 Å². The molecule has 0 bridgehead atoms. The number of aromatic nitrogens is 2. The second kappa shape index (κ2) is 8.02. The summed E-state index contributed by atoms with van der Waals surface area (Å²) < 4.78 is 1.82. The first kappa shape index (κ1) is 19.1. The lowest BCUT2D eigenvalue weighted by atomic mass is 9.91. The van der Waals surface area contributed by atoms with Crippen LogP contribution >= 0.6 is 11.3 Å². The summed E-state index contributed by atoms with van der Waals surface area (Å²) in [6, 6.07) is 0.632. The van der Waals surface area contributed by atoms with Gasteiger partial charge in [-0.2, -0.15) is 0 Å². The third-order valence-corrected chi connectivity index (χ3v) is 7.49. The number of nitrogens with zero attached hydrogens (tertiary/aromatic N) is 4.